The Balaban J connectivity index is 2.17. The van der Waals surface area contributed by atoms with Crippen LogP contribution in [0.4, 0.5) is 0 Å². The standard InChI is InChI=1S/C13H10BrNO5/c1-2-6-7(10-4-9(13(16)17)15-20-10)3-8(14)12-11(6)18-5-19-12/h3-4H,2,5H2,1H3,(H,16,17). The first-order chi connectivity index (χ1) is 9.61. The van der Waals surface area contributed by atoms with Gasteiger partial charge in [0.05, 0.1) is 4.47 Å². The second-order valence-corrected chi connectivity index (χ2v) is 5.04. The van der Waals surface area contributed by atoms with Gasteiger partial charge in [-0.3, -0.25) is 0 Å². The van der Waals surface area contributed by atoms with E-state index in [1.165, 1.54) is 6.07 Å². The summed E-state index contributed by atoms with van der Waals surface area (Å²) in [6.07, 6.45) is 0.692. The van der Waals surface area contributed by atoms with Crippen molar-refractivity contribution in [3.63, 3.8) is 0 Å². The summed E-state index contributed by atoms with van der Waals surface area (Å²) >= 11 is 3.41. The number of fused-ring (bicyclic) bond motifs is 1. The van der Waals surface area contributed by atoms with Crippen LogP contribution >= 0.6 is 15.9 Å². The van der Waals surface area contributed by atoms with E-state index in [1.807, 2.05) is 13.0 Å². The molecule has 0 atom stereocenters. The molecule has 0 aliphatic carbocycles. The molecule has 0 unspecified atom stereocenters. The van der Waals surface area contributed by atoms with E-state index in [4.69, 9.17) is 19.1 Å². The van der Waals surface area contributed by atoms with Gasteiger partial charge in [-0.05, 0) is 28.4 Å². The van der Waals surface area contributed by atoms with Gasteiger partial charge in [0.25, 0.3) is 0 Å². The minimum atomic E-state index is -1.13. The number of carbonyl (C=O) groups is 1. The Morgan fingerprint density at radius 1 is 1.40 bits per heavy atom. The van der Waals surface area contributed by atoms with Crippen molar-refractivity contribution in [2.45, 2.75) is 13.3 Å². The van der Waals surface area contributed by atoms with Crippen molar-refractivity contribution in [1.82, 2.24) is 5.16 Å². The number of carboxylic acids is 1. The first-order valence-electron chi connectivity index (χ1n) is 5.93. The lowest BCUT2D eigenvalue weighted by atomic mass is 10.0. The quantitative estimate of drug-likeness (QED) is 0.925. The zero-order valence-corrected chi connectivity index (χ0v) is 12.1. The molecule has 0 saturated carbocycles. The summed E-state index contributed by atoms with van der Waals surface area (Å²) in [7, 11) is 0. The van der Waals surface area contributed by atoms with Crippen molar-refractivity contribution >= 4 is 21.9 Å². The van der Waals surface area contributed by atoms with E-state index in [1.54, 1.807) is 0 Å². The molecule has 2 aromatic rings. The number of aromatic carboxylic acids is 1. The van der Waals surface area contributed by atoms with Gasteiger partial charge in [0.15, 0.2) is 23.0 Å². The number of carboxylic acid groups (broad SMARTS) is 1. The molecule has 1 aromatic heterocycles. The number of rotatable bonds is 3. The zero-order chi connectivity index (χ0) is 14.3. The molecule has 2 heterocycles. The maximum Gasteiger partial charge on any atom is 0.358 e. The van der Waals surface area contributed by atoms with Gasteiger partial charge in [0, 0.05) is 17.2 Å². The number of ether oxygens (including phenoxy) is 2. The number of halogens is 1. The molecule has 7 heteroatoms. The van der Waals surface area contributed by atoms with Crippen molar-refractivity contribution in [2.24, 2.45) is 0 Å². The molecular formula is C13H10BrNO5. The Labute approximate surface area is 122 Å². The molecule has 104 valence electrons. The van der Waals surface area contributed by atoms with E-state index < -0.39 is 5.97 Å². The lowest BCUT2D eigenvalue weighted by Gasteiger charge is -2.09. The summed E-state index contributed by atoms with van der Waals surface area (Å²) in [4.78, 5) is 10.9. The minimum Gasteiger partial charge on any atom is -0.476 e. The number of hydrogen-bond acceptors (Lipinski definition) is 5. The summed E-state index contributed by atoms with van der Waals surface area (Å²) in [5.74, 6) is 0.574. The predicted octanol–water partition coefficient (Wildman–Crippen LogP) is 3.09. The van der Waals surface area contributed by atoms with E-state index in [2.05, 4.69) is 21.1 Å². The molecule has 1 aliphatic rings. The van der Waals surface area contributed by atoms with Crippen LogP contribution in [-0.4, -0.2) is 23.0 Å². The fourth-order valence-corrected chi connectivity index (χ4v) is 2.68. The van der Waals surface area contributed by atoms with Crippen LogP contribution in [0, 0.1) is 0 Å². The molecule has 0 bridgehead atoms. The monoisotopic (exact) mass is 339 g/mol. The number of benzene rings is 1. The molecule has 20 heavy (non-hydrogen) atoms. The van der Waals surface area contributed by atoms with Crippen LogP contribution in [0.3, 0.4) is 0 Å². The normalized spacial score (nSPS) is 12.7. The van der Waals surface area contributed by atoms with Gasteiger partial charge in [0.2, 0.25) is 6.79 Å². The highest BCUT2D eigenvalue weighted by molar-refractivity contribution is 9.10. The van der Waals surface area contributed by atoms with Gasteiger partial charge in [0.1, 0.15) is 0 Å². The summed E-state index contributed by atoms with van der Waals surface area (Å²) < 4.78 is 16.7. The molecule has 1 N–H and O–H groups in total. The highest BCUT2D eigenvalue weighted by atomic mass is 79.9. The Morgan fingerprint density at radius 3 is 2.80 bits per heavy atom. The molecule has 1 aliphatic heterocycles. The van der Waals surface area contributed by atoms with E-state index >= 15 is 0 Å². The van der Waals surface area contributed by atoms with Crippen molar-refractivity contribution in [1.29, 1.82) is 0 Å². The second-order valence-electron chi connectivity index (χ2n) is 4.18. The summed E-state index contributed by atoms with van der Waals surface area (Å²) in [6.45, 7) is 2.14. The largest absolute Gasteiger partial charge is 0.476 e. The van der Waals surface area contributed by atoms with Crippen LogP contribution in [0.2, 0.25) is 0 Å². The average Bonchev–Trinajstić information content (AvgIpc) is 3.07. The number of nitrogens with zero attached hydrogens (tertiary/aromatic N) is 1. The predicted molar refractivity (Wildman–Crippen MR) is 72.1 cm³/mol. The molecule has 0 fully saturated rings. The van der Waals surface area contributed by atoms with E-state index in [9.17, 15) is 4.79 Å². The molecule has 1 aromatic carbocycles. The Hall–Kier alpha value is -2.02. The van der Waals surface area contributed by atoms with Gasteiger partial charge >= 0.3 is 5.97 Å². The molecule has 6 nitrogen and oxygen atoms in total. The summed E-state index contributed by atoms with van der Waals surface area (Å²) in [5, 5.41) is 12.4. The Bertz CT molecular complexity index is 694. The van der Waals surface area contributed by atoms with Gasteiger partial charge in [-0.1, -0.05) is 12.1 Å². The van der Waals surface area contributed by atoms with E-state index in [0.29, 0.717) is 23.7 Å². The zero-order valence-electron chi connectivity index (χ0n) is 10.5. The van der Waals surface area contributed by atoms with E-state index in [-0.39, 0.29) is 12.5 Å². The van der Waals surface area contributed by atoms with Gasteiger partial charge in [-0.15, -0.1) is 0 Å². The van der Waals surface area contributed by atoms with Crippen molar-refractivity contribution in [3.8, 4) is 22.8 Å². The van der Waals surface area contributed by atoms with Crippen LogP contribution in [0.5, 0.6) is 11.5 Å². The first-order valence-corrected chi connectivity index (χ1v) is 6.72. The third-order valence-corrected chi connectivity index (χ3v) is 3.64. The SMILES string of the molecule is CCc1c(-c2cc(C(=O)O)no2)cc(Br)c2c1OCO2. The molecule has 0 spiro atoms. The topological polar surface area (TPSA) is 81.8 Å². The van der Waals surface area contributed by atoms with Gasteiger partial charge in [-0.2, -0.15) is 0 Å². The minimum absolute atomic E-state index is 0.129. The van der Waals surface area contributed by atoms with Crippen molar-refractivity contribution in [3.05, 3.63) is 27.9 Å². The first kappa shape index (κ1) is 13.0. The number of aromatic nitrogens is 1. The summed E-state index contributed by atoms with van der Waals surface area (Å²) in [5.41, 5.74) is 1.51. The van der Waals surface area contributed by atoms with Crippen molar-refractivity contribution < 1.29 is 23.9 Å². The molecule has 0 saturated heterocycles. The lowest BCUT2D eigenvalue weighted by molar-refractivity contribution is 0.0686. The van der Waals surface area contributed by atoms with Crippen LogP contribution in [0.25, 0.3) is 11.3 Å². The fraction of sp³-hybridized carbons (Fsp3) is 0.231. The van der Waals surface area contributed by atoms with Gasteiger partial charge < -0.3 is 19.1 Å². The molecule has 0 radical (unpaired) electrons. The maximum absolute atomic E-state index is 10.9. The average molecular weight is 340 g/mol. The smallest absolute Gasteiger partial charge is 0.358 e. The molecular weight excluding hydrogens is 330 g/mol. The van der Waals surface area contributed by atoms with Crippen LogP contribution < -0.4 is 9.47 Å². The lowest BCUT2D eigenvalue weighted by Crippen LogP contribution is -1.95. The third-order valence-electron chi connectivity index (χ3n) is 3.05. The maximum atomic E-state index is 10.9. The Kier molecular flexibility index (Phi) is 3.13. The highest BCUT2D eigenvalue weighted by Gasteiger charge is 2.26. The van der Waals surface area contributed by atoms with E-state index in [0.717, 1.165) is 15.6 Å². The highest BCUT2D eigenvalue weighted by Crippen LogP contribution is 2.46. The van der Waals surface area contributed by atoms with Crippen LogP contribution in [0.1, 0.15) is 23.0 Å². The second kappa shape index (κ2) is 4.82. The summed E-state index contributed by atoms with van der Waals surface area (Å²) in [6, 6.07) is 3.21. The van der Waals surface area contributed by atoms with Gasteiger partial charge in [-0.25, -0.2) is 4.79 Å². The van der Waals surface area contributed by atoms with Crippen molar-refractivity contribution in [2.75, 3.05) is 6.79 Å². The van der Waals surface area contributed by atoms with Crippen LogP contribution in [0.15, 0.2) is 21.1 Å². The molecule has 3 rings (SSSR count). The third kappa shape index (κ3) is 1.94. The Morgan fingerprint density at radius 2 is 2.15 bits per heavy atom. The van der Waals surface area contributed by atoms with Crippen LogP contribution in [-0.2, 0) is 6.42 Å². The number of hydrogen-bond donors (Lipinski definition) is 1. The molecule has 0 amide bonds. The fourth-order valence-electron chi connectivity index (χ4n) is 2.16.